The number of carbonyl (C=O) groups is 1. The minimum atomic E-state index is -0.141. The highest BCUT2D eigenvalue weighted by Gasteiger charge is 2.33. The maximum absolute atomic E-state index is 12.9. The van der Waals surface area contributed by atoms with E-state index < -0.39 is 0 Å². The minimum Gasteiger partial charge on any atom is -0.489 e. The van der Waals surface area contributed by atoms with Gasteiger partial charge in [0.05, 0.1) is 10.6 Å². The molecule has 4 rings (SSSR count). The van der Waals surface area contributed by atoms with Gasteiger partial charge in [0.2, 0.25) is 0 Å². The lowest BCUT2D eigenvalue weighted by atomic mass is 10.2. The molecule has 3 aromatic rings. The largest absolute Gasteiger partial charge is 0.489 e. The zero-order valence-corrected chi connectivity index (χ0v) is 17.6. The van der Waals surface area contributed by atoms with E-state index in [9.17, 15) is 4.79 Å². The molecule has 0 bridgehead atoms. The van der Waals surface area contributed by atoms with E-state index in [0.29, 0.717) is 26.5 Å². The maximum Gasteiger partial charge on any atom is 0.270 e. The molecule has 6 heteroatoms. The Morgan fingerprint density at radius 2 is 1.76 bits per heavy atom. The Labute approximate surface area is 183 Å². The number of rotatable bonds is 5. The lowest BCUT2D eigenvalue weighted by Crippen LogP contribution is -2.27. The number of ether oxygens (including phenoxy) is 1. The van der Waals surface area contributed by atoms with Gasteiger partial charge in [-0.1, -0.05) is 78.0 Å². The Balaban J connectivity index is 1.51. The standard InChI is InChI=1S/C23H16ClNO2S2/c24-18-9-11-19(12-10-18)25-22(26)21(29-23(25)28)14-17-7-4-8-20(13-17)27-15-16-5-2-1-3-6-16/h1-14H,15H2. The first kappa shape index (κ1) is 19.7. The molecule has 0 aliphatic carbocycles. The van der Waals surface area contributed by atoms with Gasteiger partial charge in [0.1, 0.15) is 12.4 Å². The van der Waals surface area contributed by atoms with Crippen LogP contribution in [0, 0.1) is 0 Å². The molecule has 0 radical (unpaired) electrons. The van der Waals surface area contributed by atoms with Crippen molar-refractivity contribution >= 4 is 57.6 Å². The first-order chi connectivity index (χ1) is 14.1. The van der Waals surface area contributed by atoms with Crippen LogP contribution in [0.3, 0.4) is 0 Å². The van der Waals surface area contributed by atoms with E-state index in [4.69, 9.17) is 28.6 Å². The number of anilines is 1. The molecule has 0 aromatic heterocycles. The van der Waals surface area contributed by atoms with Gasteiger partial charge in [-0.25, -0.2) is 0 Å². The van der Waals surface area contributed by atoms with Crippen molar-refractivity contribution in [1.82, 2.24) is 0 Å². The van der Waals surface area contributed by atoms with E-state index in [1.807, 2.05) is 60.7 Å². The summed E-state index contributed by atoms with van der Waals surface area (Å²) >= 11 is 12.6. The van der Waals surface area contributed by atoms with Crippen LogP contribution < -0.4 is 9.64 Å². The number of thiocarbonyl (C=S) groups is 1. The van der Waals surface area contributed by atoms with Gasteiger partial charge >= 0.3 is 0 Å². The minimum absolute atomic E-state index is 0.141. The van der Waals surface area contributed by atoms with Crippen LogP contribution in [-0.4, -0.2) is 10.2 Å². The van der Waals surface area contributed by atoms with Crippen LogP contribution in [0.15, 0.2) is 83.8 Å². The average molecular weight is 438 g/mol. The third-order valence-electron chi connectivity index (χ3n) is 4.28. The lowest BCUT2D eigenvalue weighted by molar-refractivity contribution is -0.113. The van der Waals surface area contributed by atoms with Crippen molar-refractivity contribution in [2.45, 2.75) is 6.61 Å². The third kappa shape index (κ3) is 4.70. The second-order valence-electron chi connectivity index (χ2n) is 6.34. The highest BCUT2D eigenvalue weighted by Crippen LogP contribution is 2.36. The van der Waals surface area contributed by atoms with Crippen LogP contribution in [0.5, 0.6) is 5.75 Å². The van der Waals surface area contributed by atoms with E-state index in [1.54, 1.807) is 24.3 Å². The summed E-state index contributed by atoms with van der Waals surface area (Å²) in [6, 6.07) is 24.7. The molecule has 1 aliphatic rings. The van der Waals surface area contributed by atoms with E-state index in [2.05, 4.69) is 0 Å². The van der Waals surface area contributed by atoms with Crippen LogP contribution in [0.2, 0.25) is 5.02 Å². The highest BCUT2D eigenvalue weighted by atomic mass is 35.5. The fourth-order valence-electron chi connectivity index (χ4n) is 2.87. The summed E-state index contributed by atoms with van der Waals surface area (Å²) in [4.78, 5) is 15.0. The molecule has 0 atom stereocenters. The van der Waals surface area contributed by atoms with E-state index >= 15 is 0 Å². The van der Waals surface area contributed by atoms with Crippen LogP contribution in [0.4, 0.5) is 5.69 Å². The molecule has 1 amide bonds. The SMILES string of the molecule is O=C1C(=Cc2cccc(OCc3ccccc3)c2)SC(=S)N1c1ccc(Cl)cc1. The number of nitrogens with zero attached hydrogens (tertiary/aromatic N) is 1. The van der Waals surface area contributed by atoms with Crippen LogP contribution in [-0.2, 0) is 11.4 Å². The number of halogens is 1. The van der Waals surface area contributed by atoms with Gasteiger partial charge in [0, 0.05) is 5.02 Å². The molecule has 3 nitrogen and oxygen atoms in total. The number of carbonyl (C=O) groups excluding carboxylic acids is 1. The fraction of sp³-hybridized carbons (Fsp3) is 0.0435. The summed E-state index contributed by atoms with van der Waals surface area (Å²) in [5.41, 5.74) is 2.69. The van der Waals surface area contributed by atoms with Gasteiger partial charge in [0.15, 0.2) is 4.32 Å². The first-order valence-electron chi connectivity index (χ1n) is 8.90. The average Bonchev–Trinajstić information content (AvgIpc) is 3.01. The summed E-state index contributed by atoms with van der Waals surface area (Å²) in [6.07, 6.45) is 1.84. The summed E-state index contributed by atoms with van der Waals surface area (Å²) in [5.74, 6) is 0.605. The molecule has 0 unspecified atom stereocenters. The molecular weight excluding hydrogens is 422 g/mol. The third-order valence-corrected chi connectivity index (χ3v) is 5.84. The summed E-state index contributed by atoms with van der Waals surface area (Å²) < 4.78 is 6.38. The Hall–Kier alpha value is -2.60. The molecular formula is C23H16ClNO2S2. The molecule has 29 heavy (non-hydrogen) atoms. The number of amides is 1. The monoisotopic (exact) mass is 437 g/mol. The van der Waals surface area contributed by atoms with Crippen LogP contribution in [0.25, 0.3) is 6.08 Å². The van der Waals surface area contributed by atoms with Crippen molar-refractivity contribution in [3.05, 3.63) is 99.9 Å². The van der Waals surface area contributed by atoms with E-state index in [1.165, 1.54) is 16.7 Å². The van der Waals surface area contributed by atoms with Gasteiger partial charge in [-0.2, -0.15) is 0 Å². The summed E-state index contributed by atoms with van der Waals surface area (Å²) in [5, 5.41) is 0.613. The fourth-order valence-corrected chi connectivity index (χ4v) is 4.29. The molecule has 3 aromatic carbocycles. The molecule has 0 saturated carbocycles. The maximum atomic E-state index is 12.9. The van der Waals surface area contributed by atoms with E-state index in [0.717, 1.165) is 16.9 Å². The molecule has 1 heterocycles. The molecule has 1 fully saturated rings. The van der Waals surface area contributed by atoms with Gasteiger partial charge in [-0.15, -0.1) is 0 Å². The zero-order chi connectivity index (χ0) is 20.2. The summed E-state index contributed by atoms with van der Waals surface area (Å²) in [7, 11) is 0. The van der Waals surface area contributed by atoms with E-state index in [-0.39, 0.29) is 5.91 Å². The number of hydrogen-bond acceptors (Lipinski definition) is 4. The van der Waals surface area contributed by atoms with Gasteiger partial charge < -0.3 is 4.74 Å². The van der Waals surface area contributed by atoms with Crippen molar-refractivity contribution < 1.29 is 9.53 Å². The van der Waals surface area contributed by atoms with Gasteiger partial charge in [0.25, 0.3) is 5.91 Å². The molecule has 144 valence electrons. The Morgan fingerprint density at radius 1 is 1.00 bits per heavy atom. The molecule has 0 N–H and O–H groups in total. The van der Waals surface area contributed by atoms with Crippen molar-refractivity contribution in [2.75, 3.05) is 4.90 Å². The van der Waals surface area contributed by atoms with Gasteiger partial charge in [-0.05, 0) is 53.6 Å². The summed E-state index contributed by atoms with van der Waals surface area (Å²) in [6.45, 7) is 0.489. The number of thioether (sulfide) groups is 1. The van der Waals surface area contributed by atoms with Crippen molar-refractivity contribution in [2.24, 2.45) is 0 Å². The number of hydrogen-bond donors (Lipinski definition) is 0. The molecule has 0 spiro atoms. The van der Waals surface area contributed by atoms with Crippen LogP contribution in [0.1, 0.15) is 11.1 Å². The zero-order valence-electron chi connectivity index (χ0n) is 15.2. The molecule has 1 saturated heterocycles. The smallest absolute Gasteiger partial charge is 0.270 e. The Kier molecular flexibility index (Phi) is 6.00. The van der Waals surface area contributed by atoms with Crippen molar-refractivity contribution in [1.29, 1.82) is 0 Å². The topological polar surface area (TPSA) is 29.5 Å². The lowest BCUT2D eigenvalue weighted by Gasteiger charge is -2.14. The van der Waals surface area contributed by atoms with Crippen molar-refractivity contribution in [3.63, 3.8) is 0 Å². The second-order valence-corrected chi connectivity index (χ2v) is 8.45. The predicted octanol–water partition coefficient (Wildman–Crippen LogP) is 6.32. The quantitative estimate of drug-likeness (QED) is 0.345. The highest BCUT2D eigenvalue weighted by molar-refractivity contribution is 8.27. The predicted molar refractivity (Wildman–Crippen MR) is 124 cm³/mol. The Morgan fingerprint density at radius 3 is 2.52 bits per heavy atom. The van der Waals surface area contributed by atoms with Crippen LogP contribution >= 0.6 is 35.6 Å². The van der Waals surface area contributed by atoms with Gasteiger partial charge in [-0.3, -0.25) is 9.69 Å². The number of benzene rings is 3. The normalized spacial score (nSPS) is 15.2. The van der Waals surface area contributed by atoms with Crippen molar-refractivity contribution in [3.8, 4) is 5.75 Å². The first-order valence-corrected chi connectivity index (χ1v) is 10.5. The Bertz CT molecular complexity index is 1080. The second kappa shape index (κ2) is 8.82. The molecule has 1 aliphatic heterocycles.